The van der Waals surface area contributed by atoms with Gasteiger partial charge in [0.1, 0.15) is 6.29 Å². The predicted octanol–water partition coefficient (Wildman–Crippen LogP) is 6.91. The molecule has 0 aliphatic carbocycles. The minimum Gasteiger partial charge on any atom is -0.298 e. The highest BCUT2D eigenvalue weighted by Gasteiger charge is 2.11. The lowest BCUT2D eigenvalue weighted by Crippen LogP contribution is -1.95. The second kappa shape index (κ2) is 9.98. The van der Waals surface area contributed by atoms with Crippen LogP contribution in [0.25, 0.3) is 22.4 Å². The van der Waals surface area contributed by atoms with E-state index < -0.39 is 0 Å². The summed E-state index contributed by atoms with van der Waals surface area (Å²) in [5.74, 6) is 0. The Hall–Kier alpha value is -2.74. The number of aryl methyl sites for hydroxylation is 2. The molecule has 3 aromatic rings. The van der Waals surface area contributed by atoms with Gasteiger partial charge in [0.05, 0.1) is 5.69 Å². The van der Waals surface area contributed by atoms with E-state index in [1.807, 2.05) is 30.5 Å². The van der Waals surface area contributed by atoms with E-state index in [2.05, 4.69) is 44.2 Å². The van der Waals surface area contributed by atoms with E-state index in [1.54, 1.807) is 0 Å². The molecular weight excluding hydrogens is 342 g/mol. The third-order valence-corrected chi connectivity index (χ3v) is 5.26. The van der Waals surface area contributed by atoms with E-state index in [9.17, 15) is 4.79 Å². The summed E-state index contributed by atoms with van der Waals surface area (Å²) in [6.07, 6.45) is 10.00. The van der Waals surface area contributed by atoms with Gasteiger partial charge in [0.25, 0.3) is 0 Å². The lowest BCUT2D eigenvalue weighted by atomic mass is 9.95. The number of carbonyl (C=O) groups is 1. The molecule has 0 bridgehead atoms. The molecule has 3 rings (SSSR count). The first-order valence-corrected chi connectivity index (χ1v) is 10.4. The predicted molar refractivity (Wildman–Crippen MR) is 118 cm³/mol. The number of aldehydes is 1. The van der Waals surface area contributed by atoms with Crippen LogP contribution in [0, 0.1) is 0 Å². The van der Waals surface area contributed by atoms with Crippen LogP contribution in [0.2, 0.25) is 0 Å². The van der Waals surface area contributed by atoms with E-state index in [1.165, 1.54) is 36.8 Å². The van der Waals surface area contributed by atoms with Crippen molar-refractivity contribution in [2.45, 2.75) is 52.4 Å². The van der Waals surface area contributed by atoms with E-state index in [0.29, 0.717) is 5.56 Å². The van der Waals surface area contributed by atoms with Crippen LogP contribution >= 0.6 is 0 Å². The molecule has 0 aliphatic heterocycles. The Balaban J connectivity index is 1.97. The molecule has 1 aromatic heterocycles. The smallest absolute Gasteiger partial charge is 0.150 e. The van der Waals surface area contributed by atoms with Crippen molar-refractivity contribution in [2.75, 3.05) is 0 Å². The molecule has 0 atom stereocenters. The summed E-state index contributed by atoms with van der Waals surface area (Å²) in [5.41, 5.74) is 7.66. The third-order valence-electron chi connectivity index (χ3n) is 5.26. The molecule has 0 spiro atoms. The second-order valence-corrected chi connectivity index (χ2v) is 7.34. The van der Waals surface area contributed by atoms with Crippen LogP contribution < -0.4 is 0 Å². The highest BCUT2D eigenvalue weighted by atomic mass is 16.1. The number of unbranched alkanes of at least 4 members (excludes halogenated alkanes) is 3. The van der Waals surface area contributed by atoms with Crippen molar-refractivity contribution in [2.24, 2.45) is 0 Å². The molecule has 0 fully saturated rings. The third kappa shape index (κ3) is 4.95. The molecular formula is C26H29NO. The van der Waals surface area contributed by atoms with Gasteiger partial charge in [-0.2, -0.15) is 0 Å². The van der Waals surface area contributed by atoms with Gasteiger partial charge in [-0.15, -0.1) is 0 Å². The zero-order chi connectivity index (χ0) is 19.8. The van der Waals surface area contributed by atoms with E-state index >= 15 is 0 Å². The van der Waals surface area contributed by atoms with Crippen molar-refractivity contribution in [1.82, 2.24) is 4.98 Å². The number of benzene rings is 2. The van der Waals surface area contributed by atoms with E-state index in [-0.39, 0.29) is 0 Å². The Labute approximate surface area is 168 Å². The van der Waals surface area contributed by atoms with Gasteiger partial charge in [0.15, 0.2) is 0 Å². The standard InChI is InChI=1S/C26H29NO/c1-3-5-6-7-8-22-17-25(23-13-11-21(19-28)12-14-23)26(27-18-22)24-15-9-20(4-2)10-16-24/h9-19H,3-8H2,1-2H3. The number of hydrogen-bond donors (Lipinski definition) is 0. The second-order valence-electron chi connectivity index (χ2n) is 7.34. The highest BCUT2D eigenvalue weighted by molar-refractivity contribution is 5.83. The normalized spacial score (nSPS) is 10.8. The quantitative estimate of drug-likeness (QED) is 0.302. The Morgan fingerprint density at radius 2 is 1.54 bits per heavy atom. The fourth-order valence-corrected chi connectivity index (χ4v) is 3.49. The highest BCUT2D eigenvalue weighted by Crippen LogP contribution is 2.32. The molecule has 144 valence electrons. The summed E-state index contributed by atoms with van der Waals surface area (Å²) < 4.78 is 0. The summed E-state index contributed by atoms with van der Waals surface area (Å²) in [6, 6.07) is 18.7. The topological polar surface area (TPSA) is 30.0 Å². The molecule has 0 aliphatic rings. The molecule has 0 amide bonds. The lowest BCUT2D eigenvalue weighted by Gasteiger charge is -2.12. The van der Waals surface area contributed by atoms with E-state index in [0.717, 1.165) is 41.5 Å². The monoisotopic (exact) mass is 371 g/mol. The average Bonchev–Trinajstić information content (AvgIpc) is 2.77. The fourth-order valence-electron chi connectivity index (χ4n) is 3.49. The van der Waals surface area contributed by atoms with Gasteiger partial charge < -0.3 is 0 Å². The number of nitrogens with zero attached hydrogens (tertiary/aromatic N) is 1. The van der Waals surface area contributed by atoms with Crippen molar-refractivity contribution >= 4 is 6.29 Å². The zero-order valence-corrected chi connectivity index (χ0v) is 16.9. The summed E-state index contributed by atoms with van der Waals surface area (Å²) in [5, 5.41) is 0. The summed E-state index contributed by atoms with van der Waals surface area (Å²) in [7, 11) is 0. The number of pyridine rings is 1. The average molecular weight is 372 g/mol. The molecule has 0 saturated carbocycles. The molecule has 2 heteroatoms. The van der Waals surface area contributed by atoms with Gasteiger partial charge in [-0.1, -0.05) is 81.6 Å². The van der Waals surface area contributed by atoms with Gasteiger partial charge in [-0.25, -0.2) is 0 Å². The Morgan fingerprint density at radius 1 is 0.821 bits per heavy atom. The van der Waals surface area contributed by atoms with Gasteiger partial charge in [0.2, 0.25) is 0 Å². The van der Waals surface area contributed by atoms with Crippen LogP contribution in [0.1, 0.15) is 61.0 Å². The molecule has 2 aromatic carbocycles. The van der Waals surface area contributed by atoms with Crippen LogP contribution in [0.3, 0.4) is 0 Å². The SMILES string of the molecule is CCCCCCc1cnc(-c2ccc(CC)cc2)c(-c2ccc(C=O)cc2)c1. The number of aromatic nitrogens is 1. The first kappa shape index (κ1) is 20.0. The Morgan fingerprint density at radius 3 is 2.18 bits per heavy atom. The summed E-state index contributed by atoms with van der Waals surface area (Å²) in [6.45, 7) is 4.40. The van der Waals surface area contributed by atoms with Gasteiger partial charge in [-0.3, -0.25) is 9.78 Å². The van der Waals surface area contributed by atoms with Crippen molar-refractivity contribution in [3.63, 3.8) is 0 Å². The molecule has 0 radical (unpaired) electrons. The number of rotatable bonds is 9. The molecule has 28 heavy (non-hydrogen) atoms. The van der Waals surface area contributed by atoms with Crippen LogP contribution in [-0.4, -0.2) is 11.3 Å². The van der Waals surface area contributed by atoms with Crippen molar-refractivity contribution in [3.05, 3.63) is 77.5 Å². The Bertz CT molecular complexity index is 895. The lowest BCUT2D eigenvalue weighted by molar-refractivity contribution is 0.112. The van der Waals surface area contributed by atoms with Crippen LogP contribution in [0.15, 0.2) is 60.8 Å². The first-order chi connectivity index (χ1) is 13.7. The minimum absolute atomic E-state index is 0.696. The van der Waals surface area contributed by atoms with Crippen LogP contribution in [-0.2, 0) is 12.8 Å². The van der Waals surface area contributed by atoms with Crippen molar-refractivity contribution in [3.8, 4) is 22.4 Å². The van der Waals surface area contributed by atoms with Crippen molar-refractivity contribution < 1.29 is 4.79 Å². The molecule has 2 nitrogen and oxygen atoms in total. The number of hydrogen-bond acceptors (Lipinski definition) is 2. The largest absolute Gasteiger partial charge is 0.298 e. The fraction of sp³-hybridized carbons (Fsp3) is 0.308. The maximum atomic E-state index is 11.0. The van der Waals surface area contributed by atoms with Gasteiger partial charge >= 0.3 is 0 Å². The zero-order valence-electron chi connectivity index (χ0n) is 16.9. The molecule has 0 saturated heterocycles. The number of carbonyl (C=O) groups excluding carboxylic acids is 1. The molecule has 0 unspecified atom stereocenters. The summed E-state index contributed by atoms with van der Waals surface area (Å²) in [4.78, 5) is 15.9. The first-order valence-electron chi connectivity index (χ1n) is 10.4. The maximum Gasteiger partial charge on any atom is 0.150 e. The molecule has 0 N–H and O–H groups in total. The van der Waals surface area contributed by atoms with Gasteiger partial charge in [-0.05, 0) is 42.0 Å². The minimum atomic E-state index is 0.696. The maximum absolute atomic E-state index is 11.0. The Kier molecular flexibility index (Phi) is 7.13. The van der Waals surface area contributed by atoms with Crippen LogP contribution in [0.5, 0.6) is 0 Å². The molecule has 1 heterocycles. The van der Waals surface area contributed by atoms with Crippen molar-refractivity contribution in [1.29, 1.82) is 0 Å². The summed E-state index contributed by atoms with van der Waals surface area (Å²) >= 11 is 0. The van der Waals surface area contributed by atoms with Gasteiger partial charge in [0, 0.05) is 22.9 Å². The van der Waals surface area contributed by atoms with E-state index in [4.69, 9.17) is 4.98 Å². The van der Waals surface area contributed by atoms with Crippen LogP contribution in [0.4, 0.5) is 0 Å².